The van der Waals surface area contributed by atoms with Crippen molar-refractivity contribution in [3.8, 4) is 0 Å². The molecule has 3 rings (SSSR count). The number of hydrogen-bond acceptors (Lipinski definition) is 3. The molecular formula is C18H24N2O. The van der Waals surface area contributed by atoms with Crippen LogP contribution in [0.4, 0.5) is 0 Å². The summed E-state index contributed by atoms with van der Waals surface area (Å²) in [6.45, 7) is 1.24. The van der Waals surface area contributed by atoms with Crippen molar-refractivity contribution in [2.45, 2.75) is 50.7 Å². The minimum absolute atomic E-state index is 0.130. The standard InChI is InChI=1S/C18H24N2O/c19-18(10-3-1-2-4-11-18)14-21-13-16-8-5-7-15-9-6-12-20-17(15)16/h5-9,12H,1-4,10-11,13-14,19H2. The molecular weight excluding hydrogens is 260 g/mol. The molecule has 1 aromatic heterocycles. The zero-order valence-corrected chi connectivity index (χ0v) is 12.6. The van der Waals surface area contributed by atoms with E-state index in [4.69, 9.17) is 10.5 Å². The quantitative estimate of drug-likeness (QED) is 0.869. The largest absolute Gasteiger partial charge is 0.375 e. The smallest absolute Gasteiger partial charge is 0.0757 e. The van der Waals surface area contributed by atoms with Crippen LogP contribution in [0.2, 0.25) is 0 Å². The van der Waals surface area contributed by atoms with Crippen LogP contribution < -0.4 is 5.73 Å². The van der Waals surface area contributed by atoms with Gasteiger partial charge in [0, 0.05) is 22.7 Å². The molecule has 1 fully saturated rings. The predicted octanol–water partition coefficient (Wildman–Crippen LogP) is 3.80. The fraction of sp³-hybridized carbons (Fsp3) is 0.500. The lowest BCUT2D eigenvalue weighted by Gasteiger charge is -2.27. The van der Waals surface area contributed by atoms with E-state index in [9.17, 15) is 0 Å². The lowest BCUT2D eigenvalue weighted by atomic mass is 9.92. The maximum atomic E-state index is 6.50. The molecule has 21 heavy (non-hydrogen) atoms. The summed E-state index contributed by atoms with van der Waals surface area (Å²) < 4.78 is 5.96. The molecule has 0 unspecified atom stereocenters. The van der Waals surface area contributed by atoms with Gasteiger partial charge in [-0.15, -0.1) is 0 Å². The second kappa shape index (κ2) is 6.54. The lowest BCUT2D eigenvalue weighted by molar-refractivity contribution is 0.0672. The van der Waals surface area contributed by atoms with Crippen LogP contribution in [0.15, 0.2) is 36.5 Å². The van der Waals surface area contributed by atoms with E-state index in [-0.39, 0.29) is 5.54 Å². The average Bonchev–Trinajstić information content (AvgIpc) is 2.73. The van der Waals surface area contributed by atoms with E-state index < -0.39 is 0 Å². The fourth-order valence-corrected chi connectivity index (χ4v) is 3.23. The molecule has 0 atom stereocenters. The average molecular weight is 284 g/mol. The Labute approximate surface area is 126 Å². The number of rotatable bonds is 4. The van der Waals surface area contributed by atoms with E-state index in [1.54, 1.807) is 0 Å². The van der Waals surface area contributed by atoms with E-state index >= 15 is 0 Å². The number of fused-ring (bicyclic) bond motifs is 1. The molecule has 1 aliphatic carbocycles. The van der Waals surface area contributed by atoms with E-state index in [0.29, 0.717) is 13.2 Å². The van der Waals surface area contributed by atoms with Crippen molar-refractivity contribution in [1.29, 1.82) is 0 Å². The molecule has 1 heterocycles. The molecule has 0 bridgehead atoms. The van der Waals surface area contributed by atoms with Gasteiger partial charge < -0.3 is 10.5 Å². The number of para-hydroxylation sites is 1. The first-order valence-corrected chi connectivity index (χ1v) is 7.96. The van der Waals surface area contributed by atoms with Crippen molar-refractivity contribution < 1.29 is 4.74 Å². The Balaban J connectivity index is 1.64. The van der Waals surface area contributed by atoms with Gasteiger partial charge in [-0.05, 0) is 18.9 Å². The summed E-state index contributed by atoms with van der Waals surface area (Å²) in [4.78, 5) is 4.47. The van der Waals surface area contributed by atoms with Gasteiger partial charge in [0.25, 0.3) is 0 Å². The molecule has 2 N–H and O–H groups in total. The van der Waals surface area contributed by atoms with E-state index in [2.05, 4.69) is 29.2 Å². The Morgan fingerprint density at radius 3 is 2.62 bits per heavy atom. The van der Waals surface area contributed by atoms with Crippen molar-refractivity contribution >= 4 is 10.9 Å². The van der Waals surface area contributed by atoms with Gasteiger partial charge in [-0.3, -0.25) is 4.98 Å². The maximum Gasteiger partial charge on any atom is 0.0757 e. The maximum absolute atomic E-state index is 6.50. The lowest BCUT2D eigenvalue weighted by Crippen LogP contribution is -2.43. The Morgan fingerprint density at radius 2 is 1.81 bits per heavy atom. The highest BCUT2D eigenvalue weighted by Gasteiger charge is 2.26. The van der Waals surface area contributed by atoms with Gasteiger partial charge in [-0.25, -0.2) is 0 Å². The zero-order chi connectivity index (χ0) is 14.5. The van der Waals surface area contributed by atoms with E-state index in [1.165, 1.54) is 25.7 Å². The molecule has 0 aliphatic heterocycles. The Morgan fingerprint density at radius 1 is 1.05 bits per heavy atom. The number of ether oxygens (including phenoxy) is 1. The first kappa shape index (κ1) is 14.5. The molecule has 0 saturated heterocycles. The summed E-state index contributed by atoms with van der Waals surface area (Å²) in [5.41, 5.74) is 8.54. The van der Waals surface area contributed by atoms with Crippen molar-refractivity contribution in [2.24, 2.45) is 5.73 Å². The normalized spacial score (nSPS) is 18.5. The van der Waals surface area contributed by atoms with Crippen molar-refractivity contribution in [1.82, 2.24) is 4.98 Å². The highest BCUT2D eigenvalue weighted by Crippen LogP contribution is 2.26. The monoisotopic (exact) mass is 284 g/mol. The van der Waals surface area contributed by atoms with Crippen LogP contribution >= 0.6 is 0 Å². The Bertz CT molecular complexity index is 583. The third-order valence-corrected chi connectivity index (χ3v) is 4.46. The third kappa shape index (κ3) is 3.60. The van der Waals surface area contributed by atoms with Gasteiger partial charge >= 0.3 is 0 Å². The molecule has 2 aromatic rings. The van der Waals surface area contributed by atoms with Crippen LogP contribution in [-0.2, 0) is 11.3 Å². The number of nitrogens with zero attached hydrogens (tertiary/aromatic N) is 1. The van der Waals surface area contributed by atoms with Gasteiger partial charge in [0.15, 0.2) is 0 Å². The van der Waals surface area contributed by atoms with Crippen molar-refractivity contribution in [3.05, 3.63) is 42.1 Å². The highest BCUT2D eigenvalue weighted by atomic mass is 16.5. The number of benzene rings is 1. The second-order valence-electron chi connectivity index (χ2n) is 6.26. The van der Waals surface area contributed by atoms with Gasteiger partial charge in [0.2, 0.25) is 0 Å². The summed E-state index contributed by atoms with van der Waals surface area (Å²) >= 11 is 0. The summed E-state index contributed by atoms with van der Waals surface area (Å²) in [6, 6.07) is 10.3. The van der Waals surface area contributed by atoms with Crippen LogP contribution in [0, 0.1) is 0 Å². The molecule has 0 amide bonds. The summed E-state index contributed by atoms with van der Waals surface area (Å²) in [5, 5.41) is 1.16. The molecule has 3 nitrogen and oxygen atoms in total. The first-order valence-electron chi connectivity index (χ1n) is 7.96. The Hall–Kier alpha value is -1.45. The SMILES string of the molecule is NC1(COCc2cccc3cccnc23)CCCCCC1. The fourth-order valence-electron chi connectivity index (χ4n) is 3.23. The molecule has 112 valence electrons. The predicted molar refractivity (Wildman–Crippen MR) is 86.0 cm³/mol. The van der Waals surface area contributed by atoms with Gasteiger partial charge in [0.05, 0.1) is 18.7 Å². The molecule has 1 saturated carbocycles. The van der Waals surface area contributed by atoms with Gasteiger partial charge in [-0.1, -0.05) is 49.9 Å². The van der Waals surface area contributed by atoms with Crippen molar-refractivity contribution in [3.63, 3.8) is 0 Å². The third-order valence-electron chi connectivity index (χ3n) is 4.46. The van der Waals surface area contributed by atoms with Gasteiger partial charge in [0.1, 0.15) is 0 Å². The molecule has 1 aliphatic rings. The zero-order valence-electron chi connectivity index (χ0n) is 12.6. The summed E-state index contributed by atoms with van der Waals surface area (Å²) in [6.07, 6.45) is 9.09. The first-order chi connectivity index (χ1) is 10.3. The summed E-state index contributed by atoms with van der Waals surface area (Å²) in [5.74, 6) is 0. The number of hydrogen-bond donors (Lipinski definition) is 1. The molecule has 3 heteroatoms. The van der Waals surface area contributed by atoms with E-state index in [1.807, 2.05) is 12.3 Å². The van der Waals surface area contributed by atoms with Crippen LogP contribution in [0.5, 0.6) is 0 Å². The molecule has 0 radical (unpaired) electrons. The minimum atomic E-state index is -0.130. The van der Waals surface area contributed by atoms with Crippen molar-refractivity contribution in [2.75, 3.05) is 6.61 Å². The Kier molecular flexibility index (Phi) is 4.51. The molecule has 0 spiro atoms. The van der Waals surface area contributed by atoms with Crippen LogP contribution in [0.1, 0.15) is 44.1 Å². The van der Waals surface area contributed by atoms with E-state index in [0.717, 1.165) is 29.3 Å². The van der Waals surface area contributed by atoms with Gasteiger partial charge in [-0.2, -0.15) is 0 Å². The summed E-state index contributed by atoms with van der Waals surface area (Å²) in [7, 11) is 0. The second-order valence-corrected chi connectivity index (χ2v) is 6.26. The van der Waals surface area contributed by atoms with Crippen LogP contribution in [-0.4, -0.2) is 17.1 Å². The van der Waals surface area contributed by atoms with Crippen LogP contribution in [0.25, 0.3) is 10.9 Å². The number of nitrogens with two attached hydrogens (primary N) is 1. The topological polar surface area (TPSA) is 48.1 Å². The van der Waals surface area contributed by atoms with Crippen LogP contribution in [0.3, 0.4) is 0 Å². The molecule has 1 aromatic carbocycles. The highest BCUT2D eigenvalue weighted by molar-refractivity contribution is 5.81. The minimum Gasteiger partial charge on any atom is -0.375 e. The number of pyridine rings is 1. The number of aromatic nitrogens is 1.